The van der Waals surface area contributed by atoms with E-state index in [0.29, 0.717) is 43.4 Å². The molecule has 218 valence electrons. The fourth-order valence-electron chi connectivity index (χ4n) is 6.72. The second-order valence-electron chi connectivity index (χ2n) is 11.3. The lowest BCUT2D eigenvalue weighted by molar-refractivity contribution is -0.144. The molecule has 4 heterocycles. The van der Waals surface area contributed by atoms with Crippen molar-refractivity contribution in [2.45, 2.75) is 32.2 Å². The van der Waals surface area contributed by atoms with Crippen LogP contribution in [0.15, 0.2) is 71.5 Å². The van der Waals surface area contributed by atoms with Crippen LogP contribution in [-0.4, -0.2) is 60.7 Å². The smallest absolute Gasteiger partial charge is 0.335 e. The maximum absolute atomic E-state index is 14.5. The van der Waals surface area contributed by atoms with E-state index in [-0.39, 0.29) is 30.4 Å². The fraction of sp³-hybridized carbons (Fsp3) is 0.375. The van der Waals surface area contributed by atoms with Crippen LogP contribution >= 0.6 is 0 Å². The molecule has 0 radical (unpaired) electrons. The number of ether oxygens (including phenoxy) is 2. The number of hydrogen-bond donors (Lipinski definition) is 1. The minimum absolute atomic E-state index is 0.00188. The first-order chi connectivity index (χ1) is 20.3. The highest BCUT2D eigenvalue weighted by Gasteiger charge is 2.55. The summed E-state index contributed by atoms with van der Waals surface area (Å²) in [7, 11) is 1.58. The number of carbonyl (C=O) groups excluding carboxylic acids is 3. The zero-order valence-corrected chi connectivity index (χ0v) is 23.7. The van der Waals surface area contributed by atoms with E-state index in [1.165, 1.54) is 0 Å². The topological polar surface area (TPSA) is 110 Å². The number of benzene rings is 2. The van der Waals surface area contributed by atoms with Crippen molar-refractivity contribution < 1.29 is 23.9 Å². The first-order valence-electron chi connectivity index (χ1n) is 14.3. The number of nitrogens with one attached hydrogen (secondary N) is 1. The van der Waals surface area contributed by atoms with Crippen LogP contribution in [0.2, 0.25) is 0 Å². The van der Waals surface area contributed by atoms with Gasteiger partial charge in [0, 0.05) is 43.9 Å². The monoisotopic (exact) mass is 570 g/mol. The Hall–Kier alpha value is -4.44. The van der Waals surface area contributed by atoms with Crippen molar-refractivity contribution in [2.75, 3.05) is 38.3 Å². The third-order valence-corrected chi connectivity index (χ3v) is 8.59. The number of anilines is 1. The number of urea groups is 1. The molecule has 0 saturated carbocycles. The standard InChI is InChI=1S/C32H34N4O6/c1-3-42-26-13-9-24(10-14-26)36-30(39)32(29(38)33-31(36)40,16-21-7-11-25(41-2)12-8-21)20-34-17-22-15-23(19-34)27-5-4-6-28(37)35(27)18-22/h4-14,22-23H,3,15-20H2,1-2H3,(H,33,38,40)/t22-,23-,32-/m0/s1. The highest BCUT2D eigenvalue weighted by molar-refractivity contribution is 6.30. The number of hydrogen-bond acceptors (Lipinski definition) is 7. The number of rotatable bonds is 8. The lowest BCUT2D eigenvalue weighted by atomic mass is 9.75. The number of fused-ring (bicyclic) bond motifs is 4. The predicted octanol–water partition coefficient (Wildman–Crippen LogP) is 3.19. The number of barbiturate groups is 1. The first-order valence-corrected chi connectivity index (χ1v) is 14.3. The van der Waals surface area contributed by atoms with Crippen molar-refractivity contribution >= 4 is 23.5 Å². The summed E-state index contributed by atoms with van der Waals surface area (Å²) in [6.45, 7) is 4.33. The van der Waals surface area contributed by atoms with Gasteiger partial charge >= 0.3 is 6.03 Å². The Morgan fingerprint density at radius 2 is 1.64 bits per heavy atom. The van der Waals surface area contributed by atoms with Crippen LogP contribution in [0.25, 0.3) is 0 Å². The van der Waals surface area contributed by atoms with Gasteiger partial charge in [-0.1, -0.05) is 18.2 Å². The molecule has 2 aromatic carbocycles. The third kappa shape index (κ3) is 4.96. The molecule has 2 bridgehead atoms. The maximum atomic E-state index is 14.5. The number of amides is 4. The van der Waals surface area contributed by atoms with Crippen LogP contribution in [0.4, 0.5) is 10.5 Å². The average Bonchev–Trinajstić information content (AvgIpc) is 2.98. The Balaban J connectivity index is 1.36. The molecule has 10 nitrogen and oxygen atoms in total. The zero-order valence-electron chi connectivity index (χ0n) is 23.7. The van der Waals surface area contributed by atoms with Crippen LogP contribution in [0.5, 0.6) is 11.5 Å². The summed E-state index contributed by atoms with van der Waals surface area (Å²) in [4.78, 5) is 57.2. The number of imide groups is 2. The molecule has 42 heavy (non-hydrogen) atoms. The van der Waals surface area contributed by atoms with Gasteiger partial charge < -0.3 is 18.9 Å². The lowest BCUT2D eigenvalue weighted by Crippen LogP contribution is -2.68. The lowest BCUT2D eigenvalue weighted by Gasteiger charge is -2.47. The molecule has 1 N–H and O–H groups in total. The Bertz CT molecular complexity index is 1570. The summed E-state index contributed by atoms with van der Waals surface area (Å²) in [6.07, 6.45) is 1.05. The molecule has 3 aliphatic heterocycles. The van der Waals surface area contributed by atoms with E-state index in [4.69, 9.17) is 9.47 Å². The van der Waals surface area contributed by atoms with Crippen molar-refractivity contribution in [3.63, 3.8) is 0 Å². The van der Waals surface area contributed by atoms with Gasteiger partial charge in [0.05, 0.1) is 19.4 Å². The van der Waals surface area contributed by atoms with Crippen molar-refractivity contribution in [2.24, 2.45) is 11.3 Å². The predicted molar refractivity (Wildman–Crippen MR) is 156 cm³/mol. The molecule has 0 aliphatic carbocycles. The van der Waals surface area contributed by atoms with E-state index in [1.54, 1.807) is 55.6 Å². The van der Waals surface area contributed by atoms with E-state index in [0.717, 1.165) is 22.6 Å². The van der Waals surface area contributed by atoms with Gasteiger partial charge in [-0.3, -0.25) is 19.7 Å². The van der Waals surface area contributed by atoms with Gasteiger partial charge in [-0.25, -0.2) is 9.69 Å². The van der Waals surface area contributed by atoms with Gasteiger partial charge in [0.25, 0.3) is 11.5 Å². The molecule has 3 atom stereocenters. The first kappa shape index (κ1) is 27.7. The Morgan fingerprint density at radius 1 is 0.905 bits per heavy atom. The van der Waals surface area contributed by atoms with Crippen LogP contribution in [0.3, 0.4) is 0 Å². The number of aromatic nitrogens is 1. The molecule has 1 aromatic heterocycles. The number of pyridine rings is 1. The molecular weight excluding hydrogens is 536 g/mol. The second kappa shape index (κ2) is 11.1. The summed E-state index contributed by atoms with van der Waals surface area (Å²) in [5.74, 6) is 0.420. The van der Waals surface area contributed by atoms with Crippen LogP contribution < -0.4 is 25.2 Å². The highest BCUT2D eigenvalue weighted by atomic mass is 16.5. The van der Waals surface area contributed by atoms with Gasteiger partial charge in [-0.05, 0) is 73.7 Å². The molecule has 2 fully saturated rings. The van der Waals surface area contributed by atoms with Crippen molar-refractivity contribution in [3.8, 4) is 11.5 Å². The Labute approximate surface area is 243 Å². The average molecular weight is 571 g/mol. The molecule has 10 heteroatoms. The largest absolute Gasteiger partial charge is 0.497 e. The van der Waals surface area contributed by atoms with E-state index >= 15 is 0 Å². The summed E-state index contributed by atoms with van der Waals surface area (Å²) in [6, 6.07) is 18.6. The van der Waals surface area contributed by atoms with E-state index < -0.39 is 23.3 Å². The number of piperidine rings is 1. The van der Waals surface area contributed by atoms with Crippen molar-refractivity contribution in [3.05, 3.63) is 88.3 Å². The summed E-state index contributed by atoms with van der Waals surface area (Å²) in [5, 5.41) is 2.49. The second-order valence-corrected chi connectivity index (χ2v) is 11.3. The number of carbonyl (C=O) groups is 3. The molecule has 6 rings (SSSR count). The third-order valence-electron chi connectivity index (χ3n) is 8.59. The Kier molecular flexibility index (Phi) is 7.32. The van der Waals surface area contributed by atoms with Gasteiger partial charge in [-0.15, -0.1) is 0 Å². The van der Waals surface area contributed by atoms with E-state index in [1.807, 2.05) is 29.7 Å². The number of methoxy groups -OCH3 is 1. The molecule has 3 aromatic rings. The normalized spacial score (nSPS) is 23.8. The SMILES string of the molecule is CCOc1ccc(N2C(=O)NC(=O)[C@](Cc3ccc(OC)cc3)(CN3C[C@@H]4C[C@@H](C3)c3cccc(=O)n3C4)C2=O)cc1. The molecular formula is C32H34N4O6. The quantitative estimate of drug-likeness (QED) is 0.414. The summed E-state index contributed by atoms with van der Waals surface area (Å²) in [5.41, 5.74) is 0.547. The van der Waals surface area contributed by atoms with E-state index in [9.17, 15) is 19.2 Å². The molecule has 4 amide bonds. The van der Waals surface area contributed by atoms with Crippen LogP contribution in [0, 0.1) is 11.3 Å². The zero-order chi connectivity index (χ0) is 29.4. The van der Waals surface area contributed by atoms with Gasteiger partial charge in [0.1, 0.15) is 16.9 Å². The minimum atomic E-state index is -1.57. The highest BCUT2D eigenvalue weighted by Crippen LogP contribution is 2.39. The van der Waals surface area contributed by atoms with Crippen LogP contribution in [-0.2, 0) is 22.6 Å². The fourth-order valence-corrected chi connectivity index (χ4v) is 6.72. The van der Waals surface area contributed by atoms with Gasteiger partial charge in [0.15, 0.2) is 0 Å². The summed E-state index contributed by atoms with van der Waals surface area (Å²) >= 11 is 0. The Morgan fingerprint density at radius 3 is 2.36 bits per heavy atom. The summed E-state index contributed by atoms with van der Waals surface area (Å²) < 4.78 is 12.7. The maximum Gasteiger partial charge on any atom is 0.335 e. The minimum Gasteiger partial charge on any atom is -0.497 e. The van der Waals surface area contributed by atoms with Crippen molar-refractivity contribution in [1.29, 1.82) is 0 Å². The molecule has 0 unspecified atom stereocenters. The molecule has 3 aliphatic rings. The van der Waals surface area contributed by atoms with Crippen LogP contribution in [0.1, 0.15) is 30.5 Å². The van der Waals surface area contributed by atoms with Gasteiger partial charge in [-0.2, -0.15) is 0 Å². The molecule has 0 spiro atoms. The number of nitrogens with zero attached hydrogens (tertiary/aromatic N) is 3. The number of likely N-dealkylation sites (tertiary alicyclic amines) is 1. The molecule has 2 saturated heterocycles. The van der Waals surface area contributed by atoms with Crippen molar-refractivity contribution in [1.82, 2.24) is 14.8 Å². The van der Waals surface area contributed by atoms with Gasteiger partial charge in [0.2, 0.25) is 5.91 Å². The van der Waals surface area contributed by atoms with E-state index in [2.05, 4.69) is 10.2 Å².